The first-order valence-corrected chi connectivity index (χ1v) is 7.38. The first kappa shape index (κ1) is 16.3. The van der Waals surface area contributed by atoms with Crippen LogP contribution in [0.3, 0.4) is 0 Å². The molecule has 0 saturated heterocycles. The van der Waals surface area contributed by atoms with Crippen molar-refractivity contribution in [2.75, 3.05) is 11.9 Å². The molecule has 24 heavy (non-hydrogen) atoms. The number of carbonyl (C=O) groups excluding carboxylic acids is 1. The second-order valence-electron chi connectivity index (χ2n) is 5.07. The fraction of sp³-hybridized carbons (Fsp3) is 0.214. The third-order valence-electron chi connectivity index (χ3n) is 3.43. The van der Waals surface area contributed by atoms with Gasteiger partial charge in [0.2, 0.25) is 11.2 Å². The lowest BCUT2D eigenvalue weighted by Gasteiger charge is -2.06. The lowest BCUT2D eigenvalue weighted by Crippen LogP contribution is -2.19. The summed E-state index contributed by atoms with van der Waals surface area (Å²) >= 11 is 5.88. The zero-order chi connectivity index (χ0) is 17.3. The number of hydroxylamine groups is 1. The summed E-state index contributed by atoms with van der Waals surface area (Å²) < 4.78 is 27.4. The summed E-state index contributed by atoms with van der Waals surface area (Å²) in [6.07, 6.45) is 0.525. The molecule has 0 aliphatic rings. The Balaban J connectivity index is 1.96. The highest BCUT2D eigenvalue weighted by Gasteiger charge is 2.16. The molecule has 0 saturated carbocycles. The minimum absolute atomic E-state index is 0.0947. The van der Waals surface area contributed by atoms with Crippen LogP contribution in [0.5, 0.6) is 0 Å². The highest BCUT2D eigenvalue weighted by Crippen LogP contribution is 2.31. The number of nitrogens with one attached hydrogen (secondary N) is 3. The Morgan fingerprint density at radius 3 is 2.88 bits per heavy atom. The molecule has 2 heterocycles. The van der Waals surface area contributed by atoms with Crippen molar-refractivity contribution in [1.29, 1.82) is 0 Å². The smallest absolute Gasteiger partial charge is 0.243 e. The van der Waals surface area contributed by atoms with E-state index in [1.165, 1.54) is 5.48 Å². The highest BCUT2D eigenvalue weighted by molar-refractivity contribution is 6.29. The molecule has 0 spiro atoms. The van der Waals surface area contributed by atoms with Crippen LogP contribution in [-0.4, -0.2) is 32.6 Å². The number of rotatable bonds is 5. The first-order valence-electron chi connectivity index (χ1n) is 7.00. The molecule has 0 aliphatic carbocycles. The van der Waals surface area contributed by atoms with Gasteiger partial charge in [-0.05, 0) is 24.1 Å². The van der Waals surface area contributed by atoms with E-state index in [0.717, 1.165) is 12.1 Å². The van der Waals surface area contributed by atoms with Gasteiger partial charge in [0, 0.05) is 19.0 Å². The van der Waals surface area contributed by atoms with Gasteiger partial charge in [0.05, 0.1) is 10.9 Å². The summed E-state index contributed by atoms with van der Waals surface area (Å²) in [4.78, 5) is 21.9. The van der Waals surface area contributed by atoms with E-state index < -0.39 is 17.5 Å². The number of hydrogen-bond acceptors (Lipinski definition) is 5. The van der Waals surface area contributed by atoms with Crippen LogP contribution in [0.4, 0.5) is 14.6 Å². The molecular weight excluding hydrogens is 344 g/mol. The van der Waals surface area contributed by atoms with Crippen molar-refractivity contribution >= 4 is 45.3 Å². The van der Waals surface area contributed by atoms with Gasteiger partial charge in [-0.1, -0.05) is 0 Å². The molecule has 126 valence electrons. The third-order valence-corrected chi connectivity index (χ3v) is 3.60. The van der Waals surface area contributed by atoms with Gasteiger partial charge in [-0.2, -0.15) is 4.98 Å². The fourth-order valence-electron chi connectivity index (χ4n) is 2.42. The van der Waals surface area contributed by atoms with E-state index in [9.17, 15) is 13.6 Å². The topological polar surface area (TPSA) is 103 Å². The Kier molecular flexibility index (Phi) is 4.45. The lowest BCUT2D eigenvalue weighted by molar-refractivity contribution is -0.129. The number of fused-ring (bicyclic) bond motifs is 3. The lowest BCUT2D eigenvalue weighted by atomic mass is 10.2. The van der Waals surface area contributed by atoms with Crippen LogP contribution in [0.15, 0.2) is 12.1 Å². The largest absolute Gasteiger partial charge is 0.368 e. The molecule has 3 rings (SSSR count). The van der Waals surface area contributed by atoms with Crippen LogP contribution >= 0.6 is 11.6 Å². The molecular formula is C14H12ClF2N5O2. The monoisotopic (exact) mass is 355 g/mol. The van der Waals surface area contributed by atoms with E-state index in [-0.39, 0.29) is 28.1 Å². The first-order chi connectivity index (χ1) is 11.5. The van der Waals surface area contributed by atoms with Crippen LogP contribution in [0, 0.1) is 11.6 Å². The van der Waals surface area contributed by atoms with Crippen LogP contribution < -0.4 is 10.8 Å². The summed E-state index contributed by atoms with van der Waals surface area (Å²) in [5, 5.41) is 11.4. The van der Waals surface area contributed by atoms with E-state index in [1.807, 2.05) is 0 Å². The van der Waals surface area contributed by atoms with Crippen molar-refractivity contribution in [1.82, 2.24) is 20.4 Å². The van der Waals surface area contributed by atoms with Gasteiger partial charge in [-0.3, -0.25) is 10.0 Å². The van der Waals surface area contributed by atoms with Crippen molar-refractivity contribution in [3.05, 3.63) is 29.1 Å². The van der Waals surface area contributed by atoms with Gasteiger partial charge in [0.15, 0.2) is 5.82 Å². The zero-order valence-corrected chi connectivity index (χ0v) is 12.9. The predicted octanol–water partition coefficient (Wildman–Crippen LogP) is 2.74. The van der Waals surface area contributed by atoms with E-state index in [4.69, 9.17) is 16.8 Å². The molecule has 4 N–H and O–H groups in total. The molecule has 0 aliphatic heterocycles. The summed E-state index contributed by atoms with van der Waals surface area (Å²) in [7, 11) is 0. The average molecular weight is 356 g/mol. The van der Waals surface area contributed by atoms with E-state index >= 15 is 0 Å². The third kappa shape index (κ3) is 3.08. The number of aromatic amines is 1. The molecule has 0 unspecified atom stereocenters. The van der Waals surface area contributed by atoms with Crippen molar-refractivity contribution in [3.8, 4) is 0 Å². The minimum atomic E-state index is -0.753. The number of nitrogens with zero attached hydrogens (tertiary/aromatic N) is 2. The van der Waals surface area contributed by atoms with Gasteiger partial charge < -0.3 is 10.3 Å². The molecule has 7 nitrogen and oxygen atoms in total. The average Bonchev–Trinajstić information content (AvgIpc) is 2.89. The van der Waals surface area contributed by atoms with Crippen molar-refractivity contribution in [2.45, 2.75) is 12.8 Å². The van der Waals surface area contributed by atoms with Crippen LogP contribution in [0.2, 0.25) is 5.28 Å². The summed E-state index contributed by atoms with van der Waals surface area (Å²) in [6, 6.07) is 1.93. The molecule has 1 aromatic carbocycles. The molecule has 2 aromatic heterocycles. The van der Waals surface area contributed by atoms with Gasteiger partial charge in [0.1, 0.15) is 22.7 Å². The van der Waals surface area contributed by atoms with Gasteiger partial charge in [-0.25, -0.2) is 19.2 Å². The normalized spacial score (nSPS) is 11.2. The van der Waals surface area contributed by atoms with E-state index in [2.05, 4.69) is 20.3 Å². The predicted molar refractivity (Wildman–Crippen MR) is 84.0 cm³/mol. The highest BCUT2D eigenvalue weighted by atomic mass is 35.5. The van der Waals surface area contributed by atoms with Crippen molar-refractivity contribution in [3.63, 3.8) is 0 Å². The summed E-state index contributed by atoms with van der Waals surface area (Å²) in [5.41, 5.74) is 2.39. The summed E-state index contributed by atoms with van der Waals surface area (Å²) in [6.45, 7) is 0.349. The second kappa shape index (κ2) is 6.54. The Morgan fingerprint density at radius 2 is 2.12 bits per heavy atom. The number of H-pyrrole nitrogens is 1. The number of hydrogen-bond donors (Lipinski definition) is 4. The molecule has 10 heteroatoms. The van der Waals surface area contributed by atoms with Gasteiger partial charge in [-0.15, -0.1) is 0 Å². The molecule has 0 atom stereocenters. The SMILES string of the molecule is O=C(CCCNc1nc(Cl)nc2c1[nH]c1cc(F)cc(F)c12)NO. The Bertz CT molecular complexity index is 931. The van der Waals surface area contributed by atoms with E-state index in [1.54, 1.807) is 0 Å². The van der Waals surface area contributed by atoms with Crippen LogP contribution in [-0.2, 0) is 4.79 Å². The molecule has 0 fully saturated rings. The second-order valence-corrected chi connectivity index (χ2v) is 5.40. The Labute approximate surface area is 139 Å². The molecule has 0 bridgehead atoms. The molecule has 3 aromatic rings. The number of aromatic nitrogens is 3. The van der Waals surface area contributed by atoms with Crippen molar-refractivity contribution < 1.29 is 18.8 Å². The van der Waals surface area contributed by atoms with Gasteiger partial charge in [0.25, 0.3) is 0 Å². The van der Waals surface area contributed by atoms with Crippen LogP contribution in [0.25, 0.3) is 21.9 Å². The minimum Gasteiger partial charge on any atom is -0.368 e. The number of benzene rings is 1. The summed E-state index contributed by atoms with van der Waals surface area (Å²) in [5.74, 6) is -1.66. The Hall–Kier alpha value is -2.52. The zero-order valence-electron chi connectivity index (χ0n) is 12.2. The number of anilines is 1. The fourth-order valence-corrected chi connectivity index (χ4v) is 2.59. The maximum atomic E-state index is 14.1. The maximum Gasteiger partial charge on any atom is 0.243 e. The quantitative estimate of drug-likeness (QED) is 0.244. The van der Waals surface area contributed by atoms with Gasteiger partial charge >= 0.3 is 0 Å². The number of amides is 1. The van der Waals surface area contributed by atoms with Crippen LogP contribution in [0.1, 0.15) is 12.8 Å². The standard InChI is InChI=1S/C14H12ClF2N5O2/c15-14-20-11-10-7(17)4-6(16)5-8(10)19-12(11)13(21-14)18-3-1-2-9(23)22-24/h4-5,19,24H,1-3H2,(H,22,23)(H,18,20,21). The maximum absolute atomic E-state index is 14.1. The van der Waals surface area contributed by atoms with E-state index in [0.29, 0.717) is 24.3 Å². The Morgan fingerprint density at radius 1 is 1.33 bits per heavy atom. The van der Waals surface area contributed by atoms with Crippen molar-refractivity contribution in [2.24, 2.45) is 0 Å². The number of halogens is 3. The molecule has 0 radical (unpaired) electrons. The molecule has 1 amide bonds. The number of carbonyl (C=O) groups is 1.